The molecule has 6 amide bonds. The van der Waals surface area contributed by atoms with Crippen LogP contribution in [-0.4, -0.2) is 116 Å². The van der Waals surface area contributed by atoms with Gasteiger partial charge < -0.3 is 86.5 Å². The summed E-state index contributed by atoms with van der Waals surface area (Å²) in [5.41, 5.74) is 28.4. The van der Waals surface area contributed by atoms with Gasteiger partial charge in [0.25, 0.3) is 29.5 Å². The maximum atomic E-state index is 14.2. The number of nitro groups is 1. The van der Waals surface area contributed by atoms with E-state index in [-0.39, 0.29) is 34.5 Å². The number of carbonyl (C=O) groups excluding carboxylic acids is 6. The van der Waals surface area contributed by atoms with Crippen LogP contribution in [0.15, 0.2) is 71.4 Å². The Morgan fingerprint density at radius 2 is 1.11 bits per heavy atom. The number of rotatable bonds is 23. The number of primary amides is 1. The average Bonchev–Trinajstić information content (AvgIpc) is 3.79. The molecule has 0 saturated heterocycles. The van der Waals surface area contributed by atoms with Gasteiger partial charge in [-0.3, -0.25) is 60.5 Å². The second-order valence-electron chi connectivity index (χ2n) is 14.0. The molecule has 0 aliphatic carbocycles. The minimum absolute atomic E-state index is 0.0385. The first-order valence-corrected chi connectivity index (χ1v) is 19.4. The number of hydrogen-bond acceptors (Lipinski definition) is 20. The average molecular weight is 980 g/mol. The molecule has 26 N–H and O–H groups in total. The van der Waals surface area contributed by atoms with E-state index >= 15 is 0 Å². The zero-order chi connectivity index (χ0) is 51.8. The number of non-ortho nitro benzene ring substituents is 1. The van der Waals surface area contributed by atoms with Crippen molar-refractivity contribution in [3.05, 3.63) is 88.0 Å². The number of hydrogen-bond donors (Lipinski definition) is 21. The normalized spacial score (nSPS) is 13.2. The first-order valence-electron chi connectivity index (χ1n) is 19.4. The van der Waals surface area contributed by atoms with Crippen molar-refractivity contribution >= 4 is 87.4 Å². The Hall–Kier alpha value is -10.2. The fourth-order valence-electron chi connectivity index (χ4n) is 5.96. The molecule has 4 aromatic rings. The number of guanidine groups is 4. The van der Waals surface area contributed by atoms with Crippen molar-refractivity contribution in [2.45, 2.75) is 43.5 Å². The van der Waals surface area contributed by atoms with Crippen molar-refractivity contribution in [1.29, 1.82) is 21.6 Å². The van der Waals surface area contributed by atoms with Crippen molar-refractivity contribution < 1.29 is 53.7 Å². The first-order chi connectivity index (χ1) is 33.1. The van der Waals surface area contributed by atoms with E-state index < -0.39 is 107 Å². The highest BCUT2D eigenvalue weighted by Gasteiger charge is 2.36. The number of aliphatic hydroxyl groups is 1. The van der Waals surface area contributed by atoms with Crippen LogP contribution >= 0.6 is 0 Å². The Labute approximate surface area is 390 Å². The van der Waals surface area contributed by atoms with E-state index in [1.807, 2.05) is 16.0 Å². The van der Waals surface area contributed by atoms with Crippen LogP contribution in [0.25, 0.3) is 11.0 Å². The smallest absolute Gasteiger partial charge is 0.300 e. The first kappa shape index (κ1) is 52.5. The number of anilines is 2. The second kappa shape index (κ2) is 23.9. The van der Waals surface area contributed by atoms with E-state index in [4.69, 9.17) is 60.2 Å². The molecule has 3 aromatic carbocycles. The van der Waals surface area contributed by atoms with Gasteiger partial charge in [0.15, 0.2) is 54.0 Å². The van der Waals surface area contributed by atoms with Crippen LogP contribution in [0.1, 0.15) is 17.2 Å². The molecule has 70 heavy (non-hydrogen) atoms. The number of nitrogens with one attached hydrogen (secondary N) is 14. The third kappa shape index (κ3) is 14.4. The number of nitrogens with zero attached hydrogens (tertiary/aromatic N) is 4. The monoisotopic (exact) mass is 979 g/mol. The lowest BCUT2D eigenvalue weighted by Gasteiger charge is -2.31. The third-order valence-corrected chi connectivity index (χ3v) is 8.98. The van der Waals surface area contributed by atoms with Crippen molar-refractivity contribution in [3.8, 4) is 0 Å². The van der Waals surface area contributed by atoms with Gasteiger partial charge in [0.05, 0.1) is 16.3 Å². The molecule has 35 nitrogen and oxygen atoms in total. The summed E-state index contributed by atoms with van der Waals surface area (Å²) in [6, 6.07) is 13.5. The quantitative estimate of drug-likeness (QED) is 0.00820. The van der Waals surface area contributed by atoms with Crippen LogP contribution in [0.3, 0.4) is 0 Å². The number of nitro benzene ring substituents is 1. The van der Waals surface area contributed by atoms with Crippen LogP contribution < -0.4 is 86.9 Å². The van der Waals surface area contributed by atoms with Gasteiger partial charge in [0.1, 0.15) is 6.04 Å². The summed E-state index contributed by atoms with van der Waals surface area (Å²) in [5.74, 6) is -11.5. The van der Waals surface area contributed by atoms with Crippen LogP contribution in [-0.2, 0) is 40.3 Å². The fraction of sp³-hybridized carbons (Fsp3) is 0.200. The molecule has 6 unspecified atom stereocenters. The van der Waals surface area contributed by atoms with Gasteiger partial charge in [0, 0.05) is 12.6 Å². The Morgan fingerprint density at radius 1 is 0.643 bits per heavy atom. The molecular weight excluding hydrogens is 935 g/mol. The Morgan fingerprint density at radius 3 is 1.59 bits per heavy atom. The summed E-state index contributed by atoms with van der Waals surface area (Å²) in [6.07, 6.45) is -10.4. The Kier molecular flexibility index (Phi) is 17.9. The summed E-state index contributed by atoms with van der Waals surface area (Å²) >= 11 is 0. The highest BCUT2D eigenvalue weighted by molar-refractivity contribution is 6.00. The summed E-state index contributed by atoms with van der Waals surface area (Å²) in [5, 5.41) is 89.0. The molecule has 1 heterocycles. The molecule has 0 radical (unpaired) electrons. The van der Waals surface area contributed by atoms with Gasteiger partial charge in [0.2, 0.25) is 17.7 Å². The van der Waals surface area contributed by atoms with Gasteiger partial charge in [-0.2, -0.15) is 0 Å². The lowest BCUT2D eigenvalue weighted by Crippen LogP contribution is -2.68. The summed E-state index contributed by atoms with van der Waals surface area (Å²) in [4.78, 5) is 96.5. The Bertz CT molecular complexity index is 2630. The van der Waals surface area contributed by atoms with Crippen LogP contribution in [0.4, 0.5) is 17.1 Å². The lowest BCUT2D eigenvalue weighted by atomic mass is 10.1. The molecule has 0 aliphatic rings. The molecule has 35 heteroatoms. The summed E-state index contributed by atoms with van der Waals surface area (Å²) in [7, 11) is 0. The number of fused-ring (bicyclic) bond motifs is 1. The molecule has 4 rings (SSSR count). The maximum Gasteiger partial charge on any atom is 0.300 e. The minimum Gasteiger partial charge on any atom is -0.370 e. The molecule has 0 bridgehead atoms. The predicted molar refractivity (Wildman–Crippen MR) is 239 cm³/mol. The van der Waals surface area contributed by atoms with Crippen molar-refractivity contribution in [3.63, 3.8) is 0 Å². The minimum atomic E-state index is -2.26. The lowest BCUT2D eigenvalue weighted by molar-refractivity contribution is -0.383. The van der Waals surface area contributed by atoms with Crippen LogP contribution in [0.2, 0.25) is 0 Å². The molecule has 6 atom stereocenters. The number of carbonyl (C=O) groups is 6. The summed E-state index contributed by atoms with van der Waals surface area (Å²) < 4.78 is 4.77. The molecular formula is C35H45N23O12. The van der Waals surface area contributed by atoms with Crippen molar-refractivity contribution in [2.75, 3.05) is 10.4 Å². The van der Waals surface area contributed by atoms with E-state index in [2.05, 4.69) is 52.7 Å². The fourth-order valence-corrected chi connectivity index (χ4v) is 5.96. The maximum absolute atomic E-state index is 14.2. The number of nitrogens with two attached hydrogens (primary N) is 5. The molecule has 372 valence electrons. The molecule has 1 aromatic heterocycles. The number of benzene rings is 3. The number of aliphatic hydroxyl groups excluding tert-OH is 1. The Balaban J connectivity index is 1.65. The van der Waals surface area contributed by atoms with Crippen molar-refractivity contribution in [2.24, 2.45) is 28.7 Å². The predicted octanol–water partition coefficient (Wildman–Crippen LogP) is -6.68. The number of amides is 6. The largest absolute Gasteiger partial charge is 0.370 e. The summed E-state index contributed by atoms with van der Waals surface area (Å²) in [6.45, 7) is -0.341. The SMILES string of the molecule is N=C(N)NC(NC(=O)C(NC(=N)N)NC(=O)C(NC(=N)N)NC(=O)C(NC(=N)N)NC(=O)C(NC(=O)C(O)N(Cc1ccc(NOO)cc1)c1ccc([N+](=O)[O-])c2nonc12)c1ccccc1)C(N)=O. The zero-order valence-corrected chi connectivity index (χ0v) is 35.7. The standard InChI is InChI=1S/C35H45N23O12/c36-21(59)22(50-32(37)38)46-27(61)24(52-34(41)42)48-29(63)25(53-35(43)44)49-28(62)23(51-33(39)40)47-26(60)18(14-4-2-1-3-5-14)45-30(64)31(65)57(12-13-6-8-15(9-7-13)54-70-68)16-10-11-17(58(66)67)20-19(16)55-69-56-20/h1-11,18,22-25,31,54,65,68H,12H2,(H2,36,59)(H,45,64)(H,46,61)(H,47,60)(H,48,63)(H,49,62)(H4,37,38,50)(H4,39,40,51)(H4,41,42,52)(H4,43,44,53). The van der Waals surface area contributed by atoms with Crippen LogP contribution in [0, 0.1) is 31.8 Å². The van der Waals surface area contributed by atoms with Gasteiger partial charge in [-0.25, -0.2) is 15.4 Å². The van der Waals surface area contributed by atoms with E-state index in [9.17, 15) is 44.0 Å². The van der Waals surface area contributed by atoms with Gasteiger partial charge in [-0.1, -0.05) is 42.5 Å². The second-order valence-corrected chi connectivity index (χ2v) is 14.0. The topological polar surface area (TPSA) is 583 Å². The molecule has 0 spiro atoms. The van der Waals surface area contributed by atoms with Gasteiger partial charge in [-0.05, 0) is 39.6 Å². The van der Waals surface area contributed by atoms with E-state index in [0.717, 1.165) is 17.0 Å². The van der Waals surface area contributed by atoms with E-state index in [1.165, 1.54) is 48.5 Å². The van der Waals surface area contributed by atoms with Crippen LogP contribution in [0.5, 0.6) is 0 Å². The zero-order valence-electron chi connectivity index (χ0n) is 35.7. The molecule has 0 saturated carbocycles. The third-order valence-electron chi connectivity index (χ3n) is 8.98. The van der Waals surface area contributed by atoms with Crippen molar-refractivity contribution in [1.82, 2.24) is 58.2 Å². The molecule has 0 aliphatic heterocycles. The molecule has 0 fully saturated rings. The van der Waals surface area contributed by atoms with E-state index in [1.54, 1.807) is 6.07 Å². The van der Waals surface area contributed by atoms with E-state index in [0.29, 0.717) is 5.56 Å². The highest BCUT2D eigenvalue weighted by atomic mass is 17.2. The number of aromatic nitrogens is 2. The highest BCUT2D eigenvalue weighted by Crippen LogP contribution is 2.33. The van der Waals surface area contributed by atoms with Gasteiger partial charge in [-0.15, -0.1) is 4.99 Å². The van der Waals surface area contributed by atoms with Gasteiger partial charge >= 0.3 is 5.69 Å².